The average molecular weight is 417 g/mol. The molecule has 0 saturated heterocycles. The highest BCUT2D eigenvalue weighted by Gasteiger charge is 2.12. The molecule has 0 atom stereocenters. The van der Waals surface area contributed by atoms with E-state index >= 15 is 0 Å². The summed E-state index contributed by atoms with van der Waals surface area (Å²) >= 11 is 0. The van der Waals surface area contributed by atoms with E-state index in [-0.39, 0.29) is 0 Å². The van der Waals surface area contributed by atoms with E-state index < -0.39 is 0 Å². The zero-order chi connectivity index (χ0) is 21.8. The van der Waals surface area contributed by atoms with Crippen molar-refractivity contribution < 1.29 is 0 Å². The Bertz CT molecular complexity index is 1430. The molecule has 5 rings (SSSR count). The number of pyridine rings is 2. The van der Waals surface area contributed by atoms with Gasteiger partial charge in [-0.3, -0.25) is 4.98 Å². The molecule has 7 heteroatoms. The predicted octanol–water partition coefficient (Wildman–Crippen LogP) is 4.64. The fraction of sp³-hybridized carbons (Fsp3) is 0.0800. The van der Waals surface area contributed by atoms with Crippen LogP contribution in [0.15, 0.2) is 79.1 Å². The Balaban J connectivity index is 1.41. The zero-order valence-corrected chi connectivity index (χ0v) is 17.2. The molecule has 0 spiro atoms. The van der Waals surface area contributed by atoms with Crippen molar-refractivity contribution in [2.75, 3.05) is 23.7 Å². The smallest absolute Gasteiger partial charge is 0.181 e. The molecule has 2 N–H and O–H groups in total. The maximum Gasteiger partial charge on any atom is 0.181 e. The summed E-state index contributed by atoms with van der Waals surface area (Å²) < 4.78 is 0. The summed E-state index contributed by atoms with van der Waals surface area (Å²) in [5.74, 6) is 2.07. The first-order valence-electron chi connectivity index (χ1n) is 10.3. The van der Waals surface area contributed by atoms with Gasteiger partial charge < -0.3 is 10.6 Å². The fourth-order valence-electron chi connectivity index (χ4n) is 3.55. The lowest BCUT2D eigenvalue weighted by molar-refractivity contribution is 1.04. The minimum absolute atomic E-state index is 0.538. The third-order valence-corrected chi connectivity index (χ3v) is 5.10. The summed E-state index contributed by atoms with van der Waals surface area (Å²) in [4.78, 5) is 18.4. The number of nitrogens with zero attached hydrogens (tertiary/aromatic N) is 5. The molecular weight excluding hydrogens is 398 g/mol. The summed E-state index contributed by atoms with van der Waals surface area (Å²) in [5.41, 5.74) is 2.16. The van der Waals surface area contributed by atoms with Crippen LogP contribution >= 0.6 is 0 Å². The van der Waals surface area contributed by atoms with E-state index in [2.05, 4.69) is 32.7 Å². The Morgan fingerprint density at radius 1 is 0.781 bits per heavy atom. The van der Waals surface area contributed by atoms with E-state index in [1.165, 1.54) is 0 Å². The minimum Gasteiger partial charge on any atom is -0.368 e. The molecule has 0 aliphatic heterocycles. The van der Waals surface area contributed by atoms with Crippen molar-refractivity contribution in [2.45, 2.75) is 0 Å². The second-order valence-corrected chi connectivity index (χ2v) is 7.19. The van der Waals surface area contributed by atoms with Gasteiger partial charge in [0.25, 0.3) is 0 Å². The number of fused-ring (bicyclic) bond motifs is 2. The van der Waals surface area contributed by atoms with E-state index in [9.17, 15) is 0 Å². The van der Waals surface area contributed by atoms with Crippen LogP contribution in [0.5, 0.6) is 0 Å². The highest BCUT2D eigenvalue weighted by molar-refractivity contribution is 5.96. The Morgan fingerprint density at radius 2 is 1.59 bits per heavy atom. The van der Waals surface area contributed by atoms with Crippen LogP contribution in [0.1, 0.15) is 5.56 Å². The molecule has 0 unspecified atom stereocenters. The van der Waals surface area contributed by atoms with Gasteiger partial charge >= 0.3 is 0 Å². The maximum absolute atomic E-state index is 8.88. The van der Waals surface area contributed by atoms with E-state index in [0.29, 0.717) is 24.5 Å². The SMILES string of the molecule is N#Cc1ccc(NCCNc2nc(-c3nccc4ccccc34)nc3ccccc23)nc1. The van der Waals surface area contributed by atoms with Crippen LogP contribution in [-0.4, -0.2) is 33.0 Å². The molecule has 2 aromatic carbocycles. The molecule has 7 nitrogen and oxygen atoms in total. The average Bonchev–Trinajstić information content (AvgIpc) is 2.86. The second-order valence-electron chi connectivity index (χ2n) is 7.19. The summed E-state index contributed by atoms with van der Waals surface area (Å²) in [5, 5.41) is 18.6. The van der Waals surface area contributed by atoms with Gasteiger partial charge in [0.1, 0.15) is 23.4 Å². The van der Waals surface area contributed by atoms with Gasteiger partial charge in [-0.05, 0) is 35.7 Å². The normalized spacial score (nSPS) is 10.7. The highest BCUT2D eigenvalue weighted by atomic mass is 15.1. The molecule has 5 aromatic rings. The predicted molar refractivity (Wildman–Crippen MR) is 126 cm³/mol. The van der Waals surface area contributed by atoms with Crippen molar-refractivity contribution in [3.05, 3.63) is 84.7 Å². The Hall–Kier alpha value is -4.57. The van der Waals surface area contributed by atoms with Crippen LogP contribution in [-0.2, 0) is 0 Å². The number of nitriles is 1. The molecule has 0 aliphatic carbocycles. The topological polar surface area (TPSA) is 99.4 Å². The third kappa shape index (κ3) is 3.89. The van der Waals surface area contributed by atoms with Gasteiger partial charge in [-0.15, -0.1) is 0 Å². The number of anilines is 2. The lowest BCUT2D eigenvalue weighted by Crippen LogP contribution is -2.15. The summed E-state index contributed by atoms with van der Waals surface area (Å²) in [6.07, 6.45) is 3.34. The molecule has 3 heterocycles. The van der Waals surface area contributed by atoms with Gasteiger partial charge in [0.2, 0.25) is 0 Å². The van der Waals surface area contributed by atoms with Gasteiger partial charge in [-0.2, -0.15) is 5.26 Å². The van der Waals surface area contributed by atoms with Crippen molar-refractivity contribution in [1.82, 2.24) is 19.9 Å². The van der Waals surface area contributed by atoms with Crippen LogP contribution in [0.2, 0.25) is 0 Å². The number of rotatable bonds is 6. The van der Waals surface area contributed by atoms with E-state index in [1.54, 1.807) is 24.5 Å². The molecule has 0 amide bonds. The standard InChI is InChI=1S/C25H19N7/c26-15-17-9-10-22(30-16-17)27-13-14-29-24-20-7-3-4-8-21(20)31-25(32-24)23-19-6-2-1-5-18(19)11-12-28-23/h1-12,16H,13-14H2,(H,27,30)(H,29,31,32). The lowest BCUT2D eigenvalue weighted by atomic mass is 10.1. The second kappa shape index (κ2) is 8.66. The number of para-hydroxylation sites is 1. The number of hydrogen-bond acceptors (Lipinski definition) is 7. The first-order chi connectivity index (χ1) is 15.8. The van der Waals surface area contributed by atoms with Gasteiger partial charge in [0.15, 0.2) is 5.82 Å². The van der Waals surface area contributed by atoms with Gasteiger partial charge in [-0.1, -0.05) is 36.4 Å². The quantitative estimate of drug-likeness (QED) is 0.388. The number of nitrogens with one attached hydrogen (secondary N) is 2. The molecule has 0 aliphatic rings. The monoisotopic (exact) mass is 417 g/mol. The van der Waals surface area contributed by atoms with Crippen LogP contribution in [0.25, 0.3) is 33.2 Å². The third-order valence-electron chi connectivity index (χ3n) is 5.10. The lowest BCUT2D eigenvalue weighted by Gasteiger charge is -2.12. The summed E-state index contributed by atoms with van der Waals surface area (Å²) in [6, 6.07) is 23.6. The number of benzene rings is 2. The van der Waals surface area contributed by atoms with Crippen molar-refractivity contribution in [3.63, 3.8) is 0 Å². The summed E-state index contributed by atoms with van der Waals surface area (Å²) in [7, 11) is 0. The zero-order valence-electron chi connectivity index (χ0n) is 17.2. The van der Waals surface area contributed by atoms with E-state index in [0.717, 1.165) is 39.0 Å². The van der Waals surface area contributed by atoms with Gasteiger partial charge in [0, 0.05) is 36.3 Å². The molecule has 3 aromatic heterocycles. The summed E-state index contributed by atoms with van der Waals surface area (Å²) in [6.45, 7) is 1.27. The van der Waals surface area contributed by atoms with Crippen molar-refractivity contribution >= 4 is 33.3 Å². The number of aromatic nitrogens is 4. The minimum atomic E-state index is 0.538. The van der Waals surface area contributed by atoms with Gasteiger partial charge in [0.05, 0.1) is 11.1 Å². The maximum atomic E-state index is 8.88. The number of hydrogen-bond donors (Lipinski definition) is 2. The fourth-order valence-corrected chi connectivity index (χ4v) is 3.55. The Morgan fingerprint density at radius 3 is 2.44 bits per heavy atom. The van der Waals surface area contributed by atoms with Crippen LogP contribution < -0.4 is 10.6 Å². The van der Waals surface area contributed by atoms with Gasteiger partial charge in [-0.25, -0.2) is 15.0 Å². The van der Waals surface area contributed by atoms with Crippen LogP contribution in [0.3, 0.4) is 0 Å². The van der Waals surface area contributed by atoms with Crippen LogP contribution in [0, 0.1) is 11.3 Å². The molecular formula is C25H19N7. The van der Waals surface area contributed by atoms with E-state index in [4.69, 9.17) is 15.2 Å². The molecule has 0 fully saturated rings. The Kier molecular flexibility index (Phi) is 5.25. The van der Waals surface area contributed by atoms with Crippen molar-refractivity contribution in [2.24, 2.45) is 0 Å². The first-order valence-corrected chi connectivity index (χ1v) is 10.3. The Labute approximate surface area is 184 Å². The van der Waals surface area contributed by atoms with E-state index in [1.807, 2.05) is 48.5 Å². The van der Waals surface area contributed by atoms with Crippen molar-refractivity contribution in [1.29, 1.82) is 5.26 Å². The van der Waals surface area contributed by atoms with Crippen molar-refractivity contribution in [3.8, 4) is 17.6 Å². The highest BCUT2D eigenvalue weighted by Crippen LogP contribution is 2.28. The molecule has 154 valence electrons. The van der Waals surface area contributed by atoms with Crippen LogP contribution in [0.4, 0.5) is 11.6 Å². The molecule has 32 heavy (non-hydrogen) atoms. The molecule has 0 saturated carbocycles. The largest absolute Gasteiger partial charge is 0.368 e. The molecule has 0 bridgehead atoms. The molecule has 0 radical (unpaired) electrons. The first kappa shape index (κ1) is 19.4.